The Morgan fingerprint density at radius 3 is 2.39 bits per heavy atom. The highest BCUT2D eigenvalue weighted by Crippen LogP contribution is 2.21. The second-order valence-electron chi connectivity index (χ2n) is 8.28. The summed E-state index contributed by atoms with van der Waals surface area (Å²) >= 11 is 0. The van der Waals surface area contributed by atoms with Crippen LogP contribution in [0.15, 0.2) is 76.6 Å². The van der Waals surface area contributed by atoms with Gasteiger partial charge in [-0.1, -0.05) is 42.0 Å². The lowest BCUT2D eigenvalue weighted by Gasteiger charge is -2.15. The average Bonchev–Trinajstić information content (AvgIpc) is 3.35. The first-order valence-corrected chi connectivity index (χ1v) is 12.4. The molecule has 4 rings (SSSR count). The predicted molar refractivity (Wildman–Crippen MR) is 127 cm³/mol. The summed E-state index contributed by atoms with van der Waals surface area (Å²) in [7, 11) is -3.47. The number of pyridine rings is 1. The van der Waals surface area contributed by atoms with Gasteiger partial charge in [0.1, 0.15) is 5.56 Å². The van der Waals surface area contributed by atoms with Crippen LogP contribution in [-0.2, 0) is 23.1 Å². The second kappa shape index (κ2) is 9.72. The molecule has 1 saturated heterocycles. The fourth-order valence-electron chi connectivity index (χ4n) is 3.98. The van der Waals surface area contributed by atoms with E-state index in [1.807, 2.05) is 31.2 Å². The third kappa shape index (κ3) is 5.23. The summed E-state index contributed by atoms with van der Waals surface area (Å²) in [6, 6.07) is 17.6. The molecule has 0 spiro atoms. The predicted octanol–water partition coefficient (Wildman–Crippen LogP) is 2.92. The molecular formula is C25H27N3O4S. The van der Waals surface area contributed by atoms with E-state index in [2.05, 4.69) is 5.32 Å². The Balaban J connectivity index is 1.42. The molecule has 0 bridgehead atoms. The van der Waals surface area contributed by atoms with Crippen molar-refractivity contribution in [1.82, 2.24) is 14.2 Å². The van der Waals surface area contributed by atoms with E-state index in [9.17, 15) is 18.0 Å². The van der Waals surface area contributed by atoms with Gasteiger partial charge in [0.25, 0.3) is 11.5 Å². The van der Waals surface area contributed by atoms with Gasteiger partial charge >= 0.3 is 0 Å². The number of aryl methyl sites for hydroxylation is 1. The maximum absolute atomic E-state index is 12.8. The van der Waals surface area contributed by atoms with Gasteiger partial charge in [0.2, 0.25) is 10.0 Å². The van der Waals surface area contributed by atoms with Crippen molar-refractivity contribution in [3.8, 4) is 0 Å². The van der Waals surface area contributed by atoms with E-state index in [1.165, 1.54) is 14.9 Å². The highest BCUT2D eigenvalue weighted by atomic mass is 32.2. The maximum Gasteiger partial charge on any atom is 0.263 e. The molecule has 33 heavy (non-hydrogen) atoms. The third-order valence-electron chi connectivity index (χ3n) is 5.78. The van der Waals surface area contributed by atoms with Crippen LogP contribution in [0.2, 0.25) is 0 Å². The van der Waals surface area contributed by atoms with Crippen LogP contribution in [0.5, 0.6) is 0 Å². The largest absolute Gasteiger partial charge is 0.348 e. The molecule has 172 valence electrons. The molecule has 0 radical (unpaired) electrons. The minimum atomic E-state index is -3.47. The number of carbonyl (C=O) groups excluding carboxylic acids is 1. The van der Waals surface area contributed by atoms with E-state index in [4.69, 9.17) is 0 Å². The van der Waals surface area contributed by atoms with E-state index < -0.39 is 15.9 Å². The van der Waals surface area contributed by atoms with Gasteiger partial charge in [0, 0.05) is 25.8 Å². The van der Waals surface area contributed by atoms with Crippen LogP contribution in [0.1, 0.15) is 39.9 Å². The lowest BCUT2D eigenvalue weighted by atomic mass is 10.1. The molecule has 0 aliphatic carbocycles. The molecule has 1 amide bonds. The summed E-state index contributed by atoms with van der Waals surface area (Å²) in [4.78, 5) is 25.7. The van der Waals surface area contributed by atoms with Crippen LogP contribution < -0.4 is 10.9 Å². The first-order chi connectivity index (χ1) is 15.8. The van der Waals surface area contributed by atoms with Crippen molar-refractivity contribution in [2.75, 3.05) is 13.1 Å². The fraction of sp³-hybridized carbons (Fsp3) is 0.280. The number of carbonyl (C=O) groups is 1. The average molecular weight is 466 g/mol. The number of sulfonamides is 1. The molecule has 1 aliphatic rings. The number of rotatable bonds is 7. The Morgan fingerprint density at radius 1 is 0.970 bits per heavy atom. The molecule has 8 heteroatoms. The topological polar surface area (TPSA) is 88.5 Å². The van der Waals surface area contributed by atoms with Gasteiger partial charge in [-0.25, -0.2) is 8.42 Å². The zero-order valence-corrected chi connectivity index (χ0v) is 19.3. The van der Waals surface area contributed by atoms with Crippen LogP contribution in [0.3, 0.4) is 0 Å². The molecule has 0 unspecified atom stereocenters. The Kier molecular flexibility index (Phi) is 6.76. The van der Waals surface area contributed by atoms with E-state index in [0.717, 1.165) is 29.5 Å². The van der Waals surface area contributed by atoms with Gasteiger partial charge in [-0.3, -0.25) is 9.59 Å². The monoisotopic (exact) mass is 465 g/mol. The van der Waals surface area contributed by atoms with E-state index in [0.29, 0.717) is 19.6 Å². The van der Waals surface area contributed by atoms with Crippen molar-refractivity contribution in [1.29, 1.82) is 0 Å². The lowest BCUT2D eigenvalue weighted by molar-refractivity contribution is 0.0948. The van der Waals surface area contributed by atoms with Crippen LogP contribution in [-0.4, -0.2) is 36.3 Å². The second-order valence-corrected chi connectivity index (χ2v) is 10.2. The number of amides is 1. The quantitative estimate of drug-likeness (QED) is 0.581. The van der Waals surface area contributed by atoms with Crippen molar-refractivity contribution in [2.24, 2.45) is 0 Å². The van der Waals surface area contributed by atoms with E-state index >= 15 is 0 Å². The van der Waals surface area contributed by atoms with Crippen LogP contribution in [0.4, 0.5) is 0 Å². The maximum atomic E-state index is 12.8. The molecular weight excluding hydrogens is 438 g/mol. The zero-order chi connectivity index (χ0) is 23.4. The highest BCUT2D eigenvalue weighted by molar-refractivity contribution is 7.89. The molecule has 1 fully saturated rings. The number of nitrogens with zero attached hydrogens (tertiary/aromatic N) is 2. The molecule has 1 aliphatic heterocycles. The third-order valence-corrected chi connectivity index (χ3v) is 7.69. The van der Waals surface area contributed by atoms with Crippen molar-refractivity contribution >= 4 is 15.9 Å². The van der Waals surface area contributed by atoms with Gasteiger partial charge in [0.05, 0.1) is 11.4 Å². The van der Waals surface area contributed by atoms with Crippen molar-refractivity contribution in [2.45, 2.75) is 37.8 Å². The Labute approximate surface area is 193 Å². The summed E-state index contributed by atoms with van der Waals surface area (Å²) in [6.07, 6.45) is 3.44. The van der Waals surface area contributed by atoms with E-state index in [1.54, 1.807) is 36.5 Å². The summed E-state index contributed by atoms with van der Waals surface area (Å²) in [6.45, 7) is 3.67. The van der Waals surface area contributed by atoms with Crippen LogP contribution in [0, 0.1) is 6.92 Å². The van der Waals surface area contributed by atoms with Crippen molar-refractivity contribution in [3.63, 3.8) is 0 Å². The summed E-state index contributed by atoms with van der Waals surface area (Å²) in [5.41, 5.74) is 2.55. The van der Waals surface area contributed by atoms with Gasteiger partial charge in [-0.2, -0.15) is 4.31 Å². The molecule has 7 nitrogen and oxygen atoms in total. The first kappa shape index (κ1) is 22.9. The van der Waals surface area contributed by atoms with Gasteiger partial charge in [0.15, 0.2) is 0 Å². The summed E-state index contributed by atoms with van der Waals surface area (Å²) < 4.78 is 28.3. The molecule has 0 saturated carbocycles. The van der Waals surface area contributed by atoms with Crippen molar-refractivity contribution in [3.05, 3.63) is 99.5 Å². The van der Waals surface area contributed by atoms with Crippen LogP contribution >= 0.6 is 0 Å². The minimum Gasteiger partial charge on any atom is -0.348 e. The minimum absolute atomic E-state index is 0.0679. The van der Waals surface area contributed by atoms with Crippen molar-refractivity contribution < 1.29 is 13.2 Å². The number of benzene rings is 2. The fourth-order valence-corrected chi connectivity index (χ4v) is 5.49. The number of hydrogen-bond acceptors (Lipinski definition) is 4. The van der Waals surface area contributed by atoms with Gasteiger partial charge in [-0.05, 0) is 55.2 Å². The normalized spacial score (nSPS) is 14.3. The Morgan fingerprint density at radius 2 is 1.70 bits per heavy atom. The number of hydrogen-bond donors (Lipinski definition) is 1. The number of nitrogens with one attached hydrogen (secondary N) is 1. The smallest absolute Gasteiger partial charge is 0.263 e. The molecule has 1 N–H and O–H groups in total. The SMILES string of the molecule is Cc1cccc(Cn2cccc(C(=O)NCc3ccc(S(=O)(=O)N4CCCC4)cc3)c2=O)c1. The van der Waals surface area contributed by atoms with Gasteiger partial charge < -0.3 is 9.88 Å². The number of aromatic nitrogens is 1. The summed E-state index contributed by atoms with van der Waals surface area (Å²) in [5, 5.41) is 2.76. The zero-order valence-electron chi connectivity index (χ0n) is 18.5. The molecule has 0 atom stereocenters. The Hall–Kier alpha value is -3.23. The standard InChI is InChI=1S/C25H27N3O4S/c1-19-6-4-7-21(16-19)18-27-13-5-8-23(25(27)30)24(29)26-17-20-9-11-22(12-10-20)33(31,32)28-14-2-3-15-28/h4-13,16H,2-3,14-15,17-18H2,1H3,(H,26,29). The molecule has 3 aromatic rings. The van der Waals surface area contributed by atoms with E-state index in [-0.39, 0.29) is 22.6 Å². The highest BCUT2D eigenvalue weighted by Gasteiger charge is 2.26. The summed E-state index contributed by atoms with van der Waals surface area (Å²) in [5.74, 6) is -0.465. The molecule has 2 heterocycles. The van der Waals surface area contributed by atoms with Crippen LogP contribution in [0.25, 0.3) is 0 Å². The first-order valence-electron chi connectivity index (χ1n) is 11.0. The molecule has 2 aromatic carbocycles. The molecule has 1 aromatic heterocycles. The van der Waals surface area contributed by atoms with Gasteiger partial charge in [-0.15, -0.1) is 0 Å². The Bertz CT molecular complexity index is 1310. The lowest BCUT2D eigenvalue weighted by Crippen LogP contribution is -2.32.